The van der Waals surface area contributed by atoms with E-state index in [4.69, 9.17) is 32.7 Å². The van der Waals surface area contributed by atoms with E-state index in [0.717, 1.165) is 36.1 Å². The summed E-state index contributed by atoms with van der Waals surface area (Å²) in [5.41, 5.74) is 1.45. The number of rotatable bonds is 5. The number of thiophene rings is 1. The molecule has 0 atom stereocenters. The van der Waals surface area contributed by atoms with E-state index in [9.17, 15) is 9.59 Å². The Morgan fingerprint density at radius 3 is 2.73 bits per heavy atom. The van der Waals surface area contributed by atoms with Gasteiger partial charge in [-0.1, -0.05) is 23.2 Å². The number of hydrogen-bond donors (Lipinski definition) is 1. The first-order chi connectivity index (χ1) is 12.5. The van der Waals surface area contributed by atoms with Crippen LogP contribution >= 0.6 is 34.5 Å². The average Bonchev–Trinajstić information content (AvgIpc) is 2.98. The maximum atomic E-state index is 12.3. The second-order valence-corrected chi connectivity index (χ2v) is 7.77. The summed E-state index contributed by atoms with van der Waals surface area (Å²) in [7, 11) is 1.34. The van der Waals surface area contributed by atoms with Gasteiger partial charge in [0.2, 0.25) is 0 Å². The van der Waals surface area contributed by atoms with Gasteiger partial charge in [0, 0.05) is 9.90 Å². The Bertz CT molecular complexity index is 850. The molecule has 1 amide bonds. The molecule has 26 heavy (non-hydrogen) atoms. The summed E-state index contributed by atoms with van der Waals surface area (Å²) in [6.07, 6.45) is 3.85. The molecule has 0 saturated carbocycles. The Morgan fingerprint density at radius 2 is 2.00 bits per heavy atom. The molecule has 1 aromatic heterocycles. The summed E-state index contributed by atoms with van der Waals surface area (Å²) in [5.74, 6) is -0.439. The van der Waals surface area contributed by atoms with Crippen LogP contribution in [0.4, 0.5) is 5.00 Å². The van der Waals surface area contributed by atoms with Crippen LogP contribution in [0.3, 0.4) is 0 Å². The van der Waals surface area contributed by atoms with Crippen molar-refractivity contribution in [3.05, 3.63) is 44.2 Å². The highest BCUT2D eigenvalue weighted by atomic mass is 35.5. The van der Waals surface area contributed by atoms with E-state index < -0.39 is 5.97 Å². The topological polar surface area (TPSA) is 64.6 Å². The summed E-state index contributed by atoms with van der Waals surface area (Å²) < 4.78 is 10.3. The monoisotopic (exact) mass is 413 g/mol. The molecule has 1 N–H and O–H groups in total. The van der Waals surface area contributed by atoms with Gasteiger partial charge < -0.3 is 14.8 Å². The van der Waals surface area contributed by atoms with Crippen molar-refractivity contribution in [3.8, 4) is 5.75 Å². The SMILES string of the molecule is COC(=O)c1c(NC(=O)COc2ccc(Cl)cc2Cl)sc2c1CCCC2. The number of methoxy groups -OCH3 is 1. The molecule has 0 unspecified atom stereocenters. The third-order valence-corrected chi connectivity index (χ3v) is 5.80. The highest BCUT2D eigenvalue weighted by Gasteiger charge is 2.27. The van der Waals surface area contributed by atoms with E-state index in [2.05, 4.69) is 5.32 Å². The maximum Gasteiger partial charge on any atom is 0.341 e. The van der Waals surface area contributed by atoms with Crippen LogP contribution in [0.5, 0.6) is 5.75 Å². The van der Waals surface area contributed by atoms with Crippen molar-refractivity contribution < 1.29 is 19.1 Å². The molecular weight excluding hydrogens is 397 g/mol. The van der Waals surface area contributed by atoms with Crippen LogP contribution in [0.25, 0.3) is 0 Å². The van der Waals surface area contributed by atoms with E-state index >= 15 is 0 Å². The van der Waals surface area contributed by atoms with E-state index in [0.29, 0.717) is 26.4 Å². The number of halogens is 2. The second kappa shape index (κ2) is 8.29. The van der Waals surface area contributed by atoms with Gasteiger partial charge in [0.1, 0.15) is 10.8 Å². The number of anilines is 1. The first kappa shape index (κ1) is 19.0. The van der Waals surface area contributed by atoms with Gasteiger partial charge in [-0.25, -0.2) is 4.79 Å². The molecule has 5 nitrogen and oxygen atoms in total. The van der Waals surface area contributed by atoms with E-state index in [1.54, 1.807) is 18.2 Å². The highest BCUT2D eigenvalue weighted by Crippen LogP contribution is 2.38. The minimum atomic E-state index is -0.429. The van der Waals surface area contributed by atoms with E-state index in [1.807, 2.05) is 0 Å². The summed E-state index contributed by atoms with van der Waals surface area (Å²) in [6, 6.07) is 4.77. The minimum Gasteiger partial charge on any atom is -0.482 e. The molecule has 1 heterocycles. The molecule has 1 aliphatic rings. The quantitative estimate of drug-likeness (QED) is 0.718. The average molecular weight is 414 g/mol. The fourth-order valence-corrected chi connectivity index (χ4v) is 4.63. The lowest BCUT2D eigenvalue weighted by Gasteiger charge is -2.12. The smallest absolute Gasteiger partial charge is 0.341 e. The number of carbonyl (C=O) groups is 2. The van der Waals surface area contributed by atoms with Crippen LogP contribution in [-0.4, -0.2) is 25.6 Å². The number of amides is 1. The third-order valence-electron chi connectivity index (χ3n) is 4.07. The molecule has 0 spiro atoms. The summed E-state index contributed by atoms with van der Waals surface area (Å²) in [6.45, 7) is -0.232. The first-order valence-corrected chi connectivity index (χ1v) is 9.67. The van der Waals surface area contributed by atoms with Gasteiger partial charge in [-0.05, 0) is 49.4 Å². The van der Waals surface area contributed by atoms with Crippen molar-refractivity contribution in [1.82, 2.24) is 0 Å². The summed E-state index contributed by atoms with van der Waals surface area (Å²) in [5, 5.41) is 4.09. The number of nitrogens with one attached hydrogen (secondary N) is 1. The van der Waals surface area contributed by atoms with Gasteiger partial charge in [-0.2, -0.15) is 0 Å². The summed E-state index contributed by atoms with van der Waals surface area (Å²) in [4.78, 5) is 25.6. The van der Waals surface area contributed by atoms with Gasteiger partial charge in [-0.3, -0.25) is 4.79 Å². The normalized spacial score (nSPS) is 13.0. The molecule has 0 aliphatic heterocycles. The zero-order chi connectivity index (χ0) is 18.7. The molecule has 3 rings (SSSR count). The van der Waals surface area contributed by atoms with Crippen molar-refractivity contribution >= 4 is 51.4 Å². The largest absolute Gasteiger partial charge is 0.482 e. The van der Waals surface area contributed by atoms with Gasteiger partial charge >= 0.3 is 5.97 Å². The van der Waals surface area contributed by atoms with Crippen LogP contribution in [0.15, 0.2) is 18.2 Å². The Hall–Kier alpha value is -1.76. The van der Waals surface area contributed by atoms with Crippen molar-refractivity contribution in [3.63, 3.8) is 0 Å². The standard InChI is InChI=1S/C18H17Cl2NO4S/c1-24-18(23)16-11-4-2-3-5-14(11)26-17(16)21-15(22)9-25-13-7-6-10(19)8-12(13)20/h6-8H,2-5,9H2,1H3,(H,21,22). The fraction of sp³-hybridized carbons (Fsp3) is 0.333. The van der Waals surface area contributed by atoms with Gasteiger partial charge in [0.25, 0.3) is 5.91 Å². The van der Waals surface area contributed by atoms with Crippen LogP contribution in [0, 0.1) is 0 Å². The molecule has 0 fully saturated rings. The number of fused-ring (bicyclic) bond motifs is 1. The van der Waals surface area contributed by atoms with Crippen LogP contribution in [-0.2, 0) is 22.4 Å². The van der Waals surface area contributed by atoms with Crippen molar-refractivity contribution in [1.29, 1.82) is 0 Å². The lowest BCUT2D eigenvalue weighted by molar-refractivity contribution is -0.118. The summed E-state index contributed by atoms with van der Waals surface area (Å²) >= 11 is 13.3. The number of benzene rings is 1. The molecule has 1 aliphatic carbocycles. The third kappa shape index (κ3) is 4.14. The molecule has 0 radical (unpaired) electrons. The zero-order valence-electron chi connectivity index (χ0n) is 14.1. The molecule has 138 valence electrons. The van der Waals surface area contributed by atoms with Crippen LogP contribution < -0.4 is 10.1 Å². The molecule has 8 heteroatoms. The Kier molecular flexibility index (Phi) is 6.06. The van der Waals surface area contributed by atoms with Gasteiger partial charge in [0.05, 0.1) is 17.7 Å². The number of ether oxygens (including phenoxy) is 2. The maximum absolute atomic E-state index is 12.3. The molecular formula is C18H17Cl2NO4S. The number of hydrogen-bond acceptors (Lipinski definition) is 5. The minimum absolute atomic E-state index is 0.232. The fourth-order valence-electron chi connectivity index (χ4n) is 2.87. The Labute approximate surface area is 165 Å². The van der Waals surface area contributed by atoms with Crippen molar-refractivity contribution in [2.75, 3.05) is 19.0 Å². The molecule has 0 bridgehead atoms. The Balaban J connectivity index is 1.72. The predicted molar refractivity (Wildman–Crippen MR) is 103 cm³/mol. The van der Waals surface area contributed by atoms with E-state index in [1.165, 1.54) is 18.4 Å². The number of aryl methyl sites for hydroxylation is 1. The first-order valence-electron chi connectivity index (χ1n) is 8.10. The lowest BCUT2D eigenvalue weighted by Crippen LogP contribution is -2.21. The lowest BCUT2D eigenvalue weighted by atomic mass is 9.95. The van der Waals surface area contributed by atoms with Crippen molar-refractivity contribution in [2.24, 2.45) is 0 Å². The van der Waals surface area contributed by atoms with Crippen LogP contribution in [0.1, 0.15) is 33.6 Å². The highest BCUT2D eigenvalue weighted by molar-refractivity contribution is 7.17. The second-order valence-electron chi connectivity index (χ2n) is 5.82. The number of esters is 1. The zero-order valence-corrected chi connectivity index (χ0v) is 16.4. The van der Waals surface area contributed by atoms with Gasteiger partial charge in [0.15, 0.2) is 6.61 Å². The van der Waals surface area contributed by atoms with E-state index in [-0.39, 0.29) is 12.5 Å². The van der Waals surface area contributed by atoms with Gasteiger partial charge in [-0.15, -0.1) is 11.3 Å². The Morgan fingerprint density at radius 1 is 1.23 bits per heavy atom. The van der Waals surface area contributed by atoms with Crippen LogP contribution in [0.2, 0.25) is 10.0 Å². The van der Waals surface area contributed by atoms with Crippen molar-refractivity contribution in [2.45, 2.75) is 25.7 Å². The predicted octanol–water partition coefficient (Wildman–Crippen LogP) is 4.74. The molecule has 2 aromatic rings. The molecule has 1 aromatic carbocycles. The number of carbonyl (C=O) groups excluding carboxylic acids is 2. The molecule has 0 saturated heterocycles.